The largest absolute Gasteiger partial charge is 0.309 e. The van der Waals surface area contributed by atoms with Gasteiger partial charge in [-0.2, -0.15) is 0 Å². The van der Waals surface area contributed by atoms with Gasteiger partial charge in [0.15, 0.2) is 0 Å². The van der Waals surface area contributed by atoms with Crippen LogP contribution in [0, 0.1) is 0 Å². The summed E-state index contributed by atoms with van der Waals surface area (Å²) in [4.78, 5) is 2.23. The van der Waals surface area contributed by atoms with E-state index in [1.165, 1.54) is 16.7 Å². The second kappa shape index (κ2) is 4.11. The lowest BCUT2D eigenvalue weighted by Gasteiger charge is -2.09. The van der Waals surface area contributed by atoms with Gasteiger partial charge in [0.25, 0.3) is 0 Å². The second-order valence-electron chi connectivity index (χ2n) is 4.26. The van der Waals surface area contributed by atoms with Crippen molar-refractivity contribution >= 4 is 0 Å². The third-order valence-electron chi connectivity index (χ3n) is 2.75. The van der Waals surface area contributed by atoms with Crippen molar-refractivity contribution in [2.75, 3.05) is 20.6 Å². The minimum atomic E-state index is 1.04. The molecule has 14 heavy (non-hydrogen) atoms. The zero-order valence-electron chi connectivity index (χ0n) is 9.01. The number of fused-ring (bicyclic) bond motifs is 1. The predicted octanol–water partition coefficient (Wildman–Crippen LogP) is 1.39. The van der Waals surface area contributed by atoms with E-state index in [2.05, 4.69) is 42.5 Å². The first-order chi connectivity index (χ1) is 6.75. The summed E-state index contributed by atoms with van der Waals surface area (Å²) in [7, 11) is 4.24. The summed E-state index contributed by atoms with van der Waals surface area (Å²) in [5.74, 6) is 0. The maximum Gasteiger partial charge on any atom is 0.0212 e. The fourth-order valence-electron chi connectivity index (χ4n) is 1.86. The van der Waals surface area contributed by atoms with Crippen molar-refractivity contribution in [1.29, 1.82) is 0 Å². The number of benzene rings is 1. The monoisotopic (exact) mass is 190 g/mol. The molecule has 0 atom stereocenters. The highest BCUT2D eigenvalue weighted by atomic mass is 15.0. The Morgan fingerprint density at radius 2 is 2.00 bits per heavy atom. The Bertz CT molecular complexity index is 318. The van der Waals surface area contributed by atoms with E-state index in [4.69, 9.17) is 0 Å². The molecule has 1 aromatic rings. The van der Waals surface area contributed by atoms with E-state index in [1.54, 1.807) is 0 Å². The number of nitrogens with one attached hydrogen (secondary N) is 1. The quantitative estimate of drug-likeness (QED) is 0.775. The number of rotatable bonds is 3. The molecule has 0 saturated heterocycles. The first-order valence-electron chi connectivity index (χ1n) is 5.22. The van der Waals surface area contributed by atoms with Crippen LogP contribution in [0.4, 0.5) is 0 Å². The van der Waals surface area contributed by atoms with Crippen molar-refractivity contribution in [2.24, 2.45) is 0 Å². The average molecular weight is 190 g/mol. The van der Waals surface area contributed by atoms with E-state index in [0.29, 0.717) is 0 Å². The summed E-state index contributed by atoms with van der Waals surface area (Å²) in [6.07, 6.45) is 1.15. The lowest BCUT2D eigenvalue weighted by Crippen LogP contribution is -2.15. The first kappa shape index (κ1) is 9.69. The number of nitrogens with zero attached hydrogens (tertiary/aromatic N) is 1. The molecule has 1 aromatic carbocycles. The Hall–Kier alpha value is -0.860. The van der Waals surface area contributed by atoms with Crippen LogP contribution in [0.25, 0.3) is 0 Å². The Labute approximate surface area is 85.9 Å². The van der Waals surface area contributed by atoms with Crippen molar-refractivity contribution in [3.05, 3.63) is 34.9 Å². The van der Waals surface area contributed by atoms with E-state index in [0.717, 1.165) is 26.1 Å². The topological polar surface area (TPSA) is 15.3 Å². The summed E-state index contributed by atoms with van der Waals surface area (Å²) >= 11 is 0. The van der Waals surface area contributed by atoms with Crippen LogP contribution in [-0.4, -0.2) is 25.5 Å². The summed E-state index contributed by atoms with van der Waals surface area (Å²) in [5, 5.41) is 3.37. The van der Waals surface area contributed by atoms with Crippen molar-refractivity contribution in [3.8, 4) is 0 Å². The van der Waals surface area contributed by atoms with Crippen LogP contribution in [-0.2, 0) is 19.5 Å². The van der Waals surface area contributed by atoms with Crippen LogP contribution in [0.2, 0.25) is 0 Å². The molecule has 76 valence electrons. The van der Waals surface area contributed by atoms with Crippen molar-refractivity contribution < 1.29 is 0 Å². The molecular weight excluding hydrogens is 172 g/mol. The molecule has 0 unspecified atom stereocenters. The highest BCUT2D eigenvalue weighted by Gasteiger charge is 2.09. The molecule has 0 bridgehead atoms. The number of hydrogen-bond donors (Lipinski definition) is 1. The average Bonchev–Trinajstić information content (AvgIpc) is 2.61. The van der Waals surface area contributed by atoms with Crippen LogP contribution in [0.3, 0.4) is 0 Å². The number of hydrogen-bond acceptors (Lipinski definition) is 2. The van der Waals surface area contributed by atoms with Gasteiger partial charge in [-0.25, -0.2) is 0 Å². The summed E-state index contributed by atoms with van der Waals surface area (Å²) < 4.78 is 0. The maximum atomic E-state index is 3.37. The first-order valence-corrected chi connectivity index (χ1v) is 5.22. The van der Waals surface area contributed by atoms with Crippen LogP contribution in [0.15, 0.2) is 18.2 Å². The van der Waals surface area contributed by atoms with E-state index in [-0.39, 0.29) is 0 Å². The zero-order valence-corrected chi connectivity index (χ0v) is 9.01. The lowest BCUT2D eigenvalue weighted by atomic mass is 10.0. The Morgan fingerprint density at radius 1 is 1.21 bits per heavy atom. The van der Waals surface area contributed by atoms with E-state index >= 15 is 0 Å². The van der Waals surface area contributed by atoms with E-state index in [1.807, 2.05) is 0 Å². The Kier molecular flexibility index (Phi) is 2.85. The Balaban J connectivity index is 2.05. The van der Waals surface area contributed by atoms with Gasteiger partial charge in [0.05, 0.1) is 0 Å². The Morgan fingerprint density at radius 3 is 2.79 bits per heavy atom. The molecule has 0 spiro atoms. The van der Waals surface area contributed by atoms with E-state index < -0.39 is 0 Å². The normalized spacial score (nSPS) is 14.8. The van der Waals surface area contributed by atoms with Gasteiger partial charge in [-0.3, -0.25) is 0 Å². The standard InChI is InChI=1S/C12H18N2/c1-14(2)6-5-10-3-4-11-8-13-9-12(11)7-10/h3-4,7,13H,5-6,8-9H2,1-2H3. The smallest absolute Gasteiger partial charge is 0.0212 e. The van der Waals surface area contributed by atoms with Gasteiger partial charge >= 0.3 is 0 Å². The maximum absolute atomic E-state index is 3.37. The molecule has 0 radical (unpaired) electrons. The SMILES string of the molecule is CN(C)CCc1ccc2c(c1)CNC2. The highest BCUT2D eigenvalue weighted by Crippen LogP contribution is 2.17. The molecule has 2 nitrogen and oxygen atoms in total. The van der Waals surface area contributed by atoms with Crippen LogP contribution >= 0.6 is 0 Å². The van der Waals surface area contributed by atoms with Crippen molar-refractivity contribution in [1.82, 2.24) is 10.2 Å². The summed E-state index contributed by atoms with van der Waals surface area (Å²) in [6.45, 7) is 3.22. The molecule has 0 aliphatic carbocycles. The molecule has 0 amide bonds. The van der Waals surface area contributed by atoms with Gasteiger partial charge in [-0.05, 0) is 37.2 Å². The van der Waals surface area contributed by atoms with Gasteiger partial charge in [0.2, 0.25) is 0 Å². The van der Waals surface area contributed by atoms with Gasteiger partial charge in [-0.1, -0.05) is 18.2 Å². The molecular formula is C12H18N2. The van der Waals surface area contributed by atoms with Crippen LogP contribution in [0.1, 0.15) is 16.7 Å². The predicted molar refractivity (Wildman–Crippen MR) is 59.2 cm³/mol. The summed E-state index contributed by atoms with van der Waals surface area (Å²) in [5.41, 5.74) is 4.42. The van der Waals surface area contributed by atoms with Gasteiger partial charge in [-0.15, -0.1) is 0 Å². The minimum absolute atomic E-state index is 1.04. The van der Waals surface area contributed by atoms with Gasteiger partial charge < -0.3 is 10.2 Å². The van der Waals surface area contributed by atoms with Crippen LogP contribution in [0.5, 0.6) is 0 Å². The highest BCUT2D eigenvalue weighted by molar-refractivity contribution is 5.34. The molecule has 1 heterocycles. The molecule has 1 aliphatic heterocycles. The molecule has 2 heteroatoms. The zero-order chi connectivity index (χ0) is 9.97. The minimum Gasteiger partial charge on any atom is -0.309 e. The fraction of sp³-hybridized carbons (Fsp3) is 0.500. The third kappa shape index (κ3) is 2.14. The molecule has 2 rings (SSSR count). The second-order valence-corrected chi connectivity index (χ2v) is 4.26. The molecule has 1 aliphatic rings. The molecule has 0 aromatic heterocycles. The fourth-order valence-corrected chi connectivity index (χ4v) is 1.86. The molecule has 0 fully saturated rings. The van der Waals surface area contributed by atoms with E-state index in [9.17, 15) is 0 Å². The summed E-state index contributed by atoms with van der Waals surface area (Å²) in [6, 6.07) is 6.87. The lowest BCUT2D eigenvalue weighted by molar-refractivity contribution is 0.413. The van der Waals surface area contributed by atoms with Crippen molar-refractivity contribution in [3.63, 3.8) is 0 Å². The van der Waals surface area contributed by atoms with Crippen molar-refractivity contribution in [2.45, 2.75) is 19.5 Å². The number of likely N-dealkylation sites (N-methyl/N-ethyl adjacent to an activating group) is 1. The van der Waals surface area contributed by atoms with Crippen LogP contribution < -0.4 is 5.32 Å². The molecule has 1 N–H and O–H groups in total. The van der Waals surface area contributed by atoms with Gasteiger partial charge in [0.1, 0.15) is 0 Å². The van der Waals surface area contributed by atoms with Gasteiger partial charge in [0, 0.05) is 19.6 Å². The molecule has 0 saturated carbocycles. The third-order valence-corrected chi connectivity index (χ3v) is 2.75.